The number of hydrogen-bond donors (Lipinski definition) is 2. The summed E-state index contributed by atoms with van der Waals surface area (Å²) in [5.74, 6) is -2.19. The number of ketones is 2. The van der Waals surface area contributed by atoms with Gasteiger partial charge in [-0.3, -0.25) is 24.4 Å². The van der Waals surface area contributed by atoms with E-state index in [0.717, 1.165) is 11.8 Å². The molecule has 1 aliphatic rings. The molecule has 0 unspecified atom stereocenters. The second kappa shape index (κ2) is 8.53. The Balaban J connectivity index is 1.94. The molecule has 1 amide bonds. The molecule has 0 aliphatic heterocycles. The topological polar surface area (TPSA) is 127 Å². The summed E-state index contributed by atoms with van der Waals surface area (Å²) >= 11 is 1.12. The van der Waals surface area contributed by atoms with Crippen molar-refractivity contribution in [1.82, 2.24) is 15.5 Å². The maximum atomic E-state index is 12.5. The second-order valence-corrected chi connectivity index (χ2v) is 5.94. The zero-order valence-electron chi connectivity index (χ0n) is 13.1. The molecule has 2 N–H and O–H groups in total. The molecule has 0 radical (unpaired) electrons. The van der Waals surface area contributed by atoms with Crippen molar-refractivity contribution in [2.24, 2.45) is 0 Å². The van der Waals surface area contributed by atoms with Crippen LogP contribution in [0, 0.1) is 0 Å². The van der Waals surface area contributed by atoms with Gasteiger partial charge in [0.15, 0.2) is 0 Å². The van der Waals surface area contributed by atoms with Crippen LogP contribution in [0.3, 0.4) is 0 Å². The highest BCUT2D eigenvalue weighted by molar-refractivity contribution is 8.04. The number of carbonyl (C=O) groups excluding carboxylic acids is 4. The van der Waals surface area contributed by atoms with Gasteiger partial charge in [0.05, 0.1) is 10.5 Å². The van der Waals surface area contributed by atoms with E-state index in [2.05, 4.69) is 20.5 Å². The number of ether oxygens (including phenoxy) is 1. The summed E-state index contributed by atoms with van der Waals surface area (Å²) in [6, 6.07) is 0. The molecule has 1 aliphatic carbocycles. The average molecular weight is 371 g/mol. The van der Waals surface area contributed by atoms with Crippen LogP contribution < -0.4 is 5.32 Å². The van der Waals surface area contributed by atoms with Crippen molar-refractivity contribution >= 4 is 35.2 Å². The Morgan fingerprint density at radius 3 is 2.84 bits per heavy atom. The third-order valence-corrected chi connectivity index (χ3v) is 4.27. The van der Waals surface area contributed by atoms with Crippen molar-refractivity contribution < 1.29 is 33.4 Å². The van der Waals surface area contributed by atoms with Crippen LogP contribution in [0.1, 0.15) is 37.8 Å². The third kappa shape index (κ3) is 4.31. The largest absolute Gasteiger partial charge is 0.374 e. The minimum Gasteiger partial charge on any atom is -0.370 e. The maximum absolute atomic E-state index is 12.5. The van der Waals surface area contributed by atoms with E-state index in [-0.39, 0.29) is 28.5 Å². The van der Waals surface area contributed by atoms with Crippen LogP contribution in [-0.2, 0) is 14.5 Å². The lowest BCUT2D eigenvalue weighted by atomic mass is 9.99. The number of fused-ring (bicyclic) bond motifs is 1. The van der Waals surface area contributed by atoms with E-state index in [9.17, 15) is 23.7 Å². The van der Waals surface area contributed by atoms with Crippen molar-refractivity contribution in [1.29, 1.82) is 0 Å². The van der Waals surface area contributed by atoms with Crippen LogP contribution in [0.4, 0.5) is 4.53 Å². The number of allylic oxidation sites excluding steroid dienone is 2. The SMILES string of the molecule is CNC(=O)c1[nH]nc2c1C(=O)C(SCCCOCC(=O)OF)=CC2=O. The molecule has 9 nitrogen and oxygen atoms in total. The predicted octanol–water partition coefficient (Wildman–Crippen LogP) is 0.600. The zero-order chi connectivity index (χ0) is 18.4. The van der Waals surface area contributed by atoms with Crippen molar-refractivity contribution in [2.75, 3.05) is 26.0 Å². The van der Waals surface area contributed by atoms with Crippen LogP contribution in [0.2, 0.25) is 0 Å². The second-order valence-electron chi connectivity index (χ2n) is 4.81. The summed E-state index contributed by atoms with van der Waals surface area (Å²) in [6.07, 6.45) is 1.62. The number of amides is 1. The Bertz CT molecular complexity index is 745. The molecule has 2 rings (SSSR count). The first-order valence-corrected chi connectivity index (χ1v) is 8.11. The van der Waals surface area contributed by atoms with Crippen LogP contribution in [0.15, 0.2) is 11.0 Å². The third-order valence-electron chi connectivity index (χ3n) is 3.16. The number of aromatic nitrogens is 2. The molecular formula is C14H14FN3O6S. The predicted molar refractivity (Wildman–Crippen MR) is 83.8 cm³/mol. The number of nitrogens with one attached hydrogen (secondary N) is 2. The first-order chi connectivity index (χ1) is 12.0. The first-order valence-electron chi connectivity index (χ1n) is 7.12. The highest BCUT2D eigenvalue weighted by Gasteiger charge is 2.33. The highest BCUT2D eigenvalue weighted by atomic mass is 32.2. The van der Waals surface area contributed by atoms with E-state index < -0.39 is 30.0 Å². The molecular weight excluding hydrogens is 357 g/mol. The monoisotopic (exact) mass is 371 g/mol. The number of aromatic amines is 1. The molecule has 1 aromatic heterocycles. The summed E-state index contributed by atoms with van der Waals surface area (Å²) in [7, 11) is 1.40. The zero-order valence-corrected chi connectivity index (χ0v) is 13.9. The van der Waals surface area contributed by atoms with Gasteiger partial charge in [-0.1, -0.05) is 0 Å². The fourth-order valence-corrected chi connectivity index (χ4v) is 2.94. The van der Waals surface area contributed by atoms with E-state index in [1.165, 1.54) is 13.1 Å². The number of carbonyl (C=O) groups is 4. The standard InChI is InChI=1S/C14H14FN3O6S/c1-16-14(22)12-10-11(17-18-12)7(19)5-8(13(10)21)25-4-2-3-23-6-9(20)24-15/h5H,2-4,6H2,1H3,(H,16,22)(H,17,18). The number of rotatable bonds is 8. The van der Waals surface area contributed by atoms with Gasteiger partial charge in [0.2, 0.25) is 11.6 Å². The lowest BCUT2D eigenvalue weighted by Crippen LogP contribution is -2.23. The lowest BCUT2D eigenvalue weighted by Gasteiger charge is -2.11. The van der Waals surface area contributed by atoms with Gasteiger partial charge in [-0.2, -0.15) is 5.10 Å². The van der Waals surface area contributed by atoms with E-state index >= 15 is 0 Å². The van der Waals surface area contributed by atoms with Crippen LogP contribution in [0.25, 0.3) is 0 Å². The maximum Gasteiger partial charge on any atom is 0.374 e. The number of Topliss-reactive ketones (excluding diaryl/α,β-unsaturated/α-hetero) is 1. The lowest BCUT2D eigenvalue weighted by molar-refractivity contribution is -0.188. The minimum absolute atomic E-state index is 0.0451. The van der Waals surface area contributed by atoms with Gasteiger partial charge < -0.3 is 10.1 Å². The summed E-state index contributed by atoms with van der Waals surface area (Å²) in [5.41, 5.74) is -0.188. The van der Waals surface area contributed by atoms with Gasteiger partial charge in [-0.05, 0) is 6.42 Å². The Labute approximate surface area is 145 Å². The van der Waals surface area contributed by atoms with Crippen LogP contribution >= 0.6 is 11.8 Å². The van der Waals surface area contributed by atoms with Crippen LogP contribution in [0.5, 0.6) is 0 Å². The van der Waals surface area contributed by atoms with Crippen molar-refractivity contribution in [3.63, 3.8) is 0 Å². The summed E-state index contributed by atoms with van der Waals surface area (Å²) < 4.78 is 16.3. The molecule has 1 heterocycles. The molecule has 0 saturated heterocycles. The van der Waals surface area contributed by atoms with Gasteiger partial charge >= 0.3 is 5.97 Å². The van der Waals surface area contributed by atoms with Crippen molar-refractivity contribution in [2.45, 2.75) is 6.42 Å². The molecule has 0 aromatic carbocycles. The molecule has 0 saturated carbocycles. The Morgan fingerprint density at radius 2 is 2.16 bits per heavy atom. The molecule has 11 heteroatoms. The minimum atomic E-state index is -1.13. The van der Waals surface area contributed by atoms with E-state index in [1.807, 2.05) is 0 Å². The summed E-state index contributed by atoms with van der Waals surface area (Å²) in [5, 5.41) is 8.51. The Morgan fingerprint density at radius 1 is 1.40 bits per heavy atom. The number of hydrogen-bond acceptors (Lipinski definition) is 8. The quantitative estimate of drug-likeness (QED) is 0.636. The molecule has 134 valence electrons. The van der Waals surface area contributed by atoms with Crippen molar-refractivity contribution in [3.05, 3.63) is 27.9 Å². The van der Waals surface area contributed by atoms with E-state index in [4.69, 9.17) is 4.74 Å². The van der Waals surface area contributed by atoms with Crippen LogP contribution in [-0.4, -0.2) is 59.7 Å². The first kappa shape index (κ1) is 18.8. The van der Waals surface area contributed by atoms with E-state index in [1.54, 1.807) is 0 Å². The number of H-pyrrole nitrogens is 1. The number of thioether (sulfide) groups is 1. The Kier molecular flexibility index (Phi) is 6.42. The Hall–Kier alpha value is -2.53. The smallest absolute Gasteiger partial charge is 0.370 e. The number of nitrogens with zero attached hydrogens (tertiary/aromatic N) is 1. The molecule has 0 fully saturated rings. The molecule has 1 aromatic rings. The fourth-order valence-electron chi connectivity index (χ4n) is 2.03. The van der Waals surface area contributed by atoms with Gasteiger partial charge in [0.1, 0.15) is 18.0 Å². The van der Waals surface area contributed by atoms with Gasteiger partial charge in [0.25, 0.3) is 5.91 Å². The summed E-state index contributed by atoms with van der Waals surface area (Å²) in [4.78, 5) is 49.9. The molecule has 0 atom stereocenters. The van der Waals surface area contributed by atoms with Crippen molar-refractivity contribution in [3.8, 4) is 0 Å². The van der Waals surface area contributed by atoms with Gasteiger partial charge in [-0.15, -0.1) is 11.8 Å². The van der Waals surface area contributed by atoms with Gasteiger partial charge in [-0.25, -0.2) is 4.79 Å². The van der Waals surface area contributed by atoms with Gasteiger partial charge in [0, 0.05) is 30.0 Å². The number of halogens is 1. The molecule has 0 bridgehead atoms. The average Bonchev–Trinajstić information content (AvgIpc) is 3.06. The fraction of sp³-hybridized carbons (Fsp3) is 0.357. The highest BCUT2D eigenvalue weighted by Crippen LogP contribution is 2.29. The van der Waals surface area contributed by atoms with E-state index in [0.29, 0.717) is 12.2 Å². The molecule has 25 heavy (non-hydrogen) atoms. The summed E-state index contributed by atoms with van der Waals surface area (Å²) in [6.45, 7) is -0.354. The normalized spacial score (nSPS) is 13.3. The molecule has 0 spiro atoms.